The summed E-state index contributed by atoms with van der Waals surface area (Å²) in [4.78, 5) is 0. The van der Waals surface area contributed by atoms with Gasteiger partial charge in [-0.1, -0.05) is 0 Å². The van der Waals surface area contributed by atoms with Gasteiger partial charge in [0.2, 0.25) is 0 Å². The van der Waals surface area contributed by atoms with E-state index in [2.05, 4.69) is 15.3 Å². The quantitative estimate of drug-likeness (QED) is 0.752. The predicted octanol–water partition coefficient (Wildman–Crippen LogP) is 0.708. The van der Waals surface area contributed by atoms with Crippen LogP contribution in [0.2, 0.25) is 0 Å². The zero-order valence-corrected chi connectivity index (χ0v) is 7.88. The summed E-state index contributed by atoms with van der Waals surface area (Å²) in [6, 6.07) is 0. The number of nitrogens with one attached hydrogen (secondary N) is 1. The monoisotopic (exact) mass is 192 g/mol. The molecule has 5 heteroatoms. The van der Waals surface area contributed by atoms with Crippen LogP contribution in [0.4, 0.5) is 0 Å². The summed E-state index contributed by atoms with van der Waals surface area (Å²) < 4.78 is 1.78. The first-order chi connectivity index (χ1) is 6.81. The van der Waals surface area contributed by atoms with Gasteiger partial charge in [0, 0.05) is 30.1 Å². The van der Waals surface area contributed by atoms with E-state index < -0.39 is 6.10 Å². The van der Waals surface area contributed by atoms with Crippen LogP contribution in [0.5, 0.6) is 0 Å². The van der Waals surface area contributed by atoms with E-state index in [9.17, 15) is 5.11 Å². The molecule has 0 saturated carbocycles. The van der Waals surface area contributed by atoms with Gasteiger partial charge in [-0.25, -0.2) is 0 Å². The van der Waals surface area contributed by atoms with Gasteiger partial charge >= 0.3 is 0 Å². The van der Waals surface area contributed by atoms with E-state index in [1.807, 2.05) is 13.1 Å². The third-order valence-corrected chi connectivity index (χ3v) is 2.13. The zero-order valence-electron chi connectivity index (χ0n) is 7.88. The normalized spacial score (nSPS) is 13.0. The van der Waals surface area contributed by atoms with Crippen LogP contribution in [0.1, 0.15) is 24.2 Å². The van der Waals surface area contributed by atoms with Crippen LogP contribution in [0.25, 0.3) is 0 Å². The topological polar surface area (TPSA) is 66.7 Å². The Morgan fingerprint density at radius 3 is 2.93 bits per heavy atom. The van der Waals surface area contributed by atoms with Gasteiger partial charge in [-0.05, 0) is 6.92 Å². The van der Waals surface area contributed by atoms with Crippen molar-refractivity contribution >= 4 is 0 Å². The molecule has 2 aromatic rings. The van der Waals surface area contributed by atoms with Gasteiger partial charge < -0.3 is 5.11 Å². The second-order valence-electron chi connectivity index (χ2n) is 3.06. The SMILES string of the molecule is CCn1cc(C(O)c2cn[nH]c2)cn1. The molecule has 0 aliphatic rings. The van der Waals surface area contributed by atoms with Crippen molar-refractivity contribution < 1.29 is 5.11 Å². The first-order valence-corrected chi connectivity index (χ1v) is 4.50. The van der Waals surface area contributed by atoms with Crippen molar-refractivity contribution in [2.24, 2.45) is 0 Å². The van der Waals surface area contributed by atoms with Crippen molar-refractivity contribution in [1.82, 2.24) is 20.0 Å². The Morgan fingerprint density at radius 1 is 1.50 bits per heavy atom. The summed E-state index contributed by atoms with van der Waals surface area (Å²) in [5.41, 5.74) is 1.54. The standard InChI is InChI=1S/C9H12N4O/c1-2-13-6-8(5-12-13)9(14)7-3-10-11-4-7/h3-6,9,14H,2H2,1H3,(H,10,11). The Bertz CT molecular complexity index is 393. The van der Waals surface area contributed by atoms with Crippen LogP contribution in [0.15, 0.2) is 24.8 Å². The fourth-order valence-corrected chi connectivity index (χ4v) is 1.30. The molecule has 0 aliphatic carbocycles. The lowest BCUT2D eigenvalue weighted by Crippen LogP contribution is -1.97. The third kappa shape index (κ3) is 1.54. The molecule has 0 amide bonds. The summed E-state index contributed by atoms with van der Waals surface area (Å²) in [7, 11) is 0. The fraction of sp³-hybridized carbons (Fsp3) is 0.333. The molecular formula is C9H12N4O. The van der Waals surface area contributed by atoms with Crippen molar-refractivity contribution in [3.63, 3.8) is 0 Å². The number of aliphatic hydroxyl groups is 1. The molecule has 0 bridgehead atoms. The van der Waals surface area contributed by atoms with Crippen molar-refractivity contribution in [3.8, 4) is 0 Å². The Labute approximate surface area is 81.4 Å². The number of hydrogen-bond donors (Lipinski definition) is 2. The molecule has 14 heavy (non-hydrogen) atoms. The van der Waals surface area contributed by atoms with E-state index in [1.54, 1.807) is 23.3 Å². The minimum Gasteiger partial charge on any atom is -0.383 e. The molecule has 2 N–H and O–H groups in total. The van der Waals surface area contributed by atoms with Gasteiger partial charge in [0.15, 0.2) is 0 Å². The smallest absolute Gasteiger partial charge is 0.110 e. The lowest BCUT2D eigenvalue weighted by Gasteiger charge is -2.03. The first kappa shape index (κ1) is 8.96. The maximum absolute atomic E-state index is 9.88. The van der Waals surface area contributed by atoms with Gasteiger partial charge in [0.1, 0.15) is 6.10 Å². The van der Waals surface area contributed by atoms with Crippen molar-refractivity contribution in [2.45, 2.75) is 19.6 Å². The number of aromatic nitrogens is 4. The maximum Gasteiger partial charge on any atom is 0.110 e. The van der Waals surface area contributed by atoms with Gasteiger partial charge in [-0.3, -0.25) is 9.78 Å². The zero-order chi connectivity index (χ0) is 9.97. The number of aryl methyl sites for hydroxylation is 1. The lowest BCUT2D eigenvalue weighted by atomic mass is 10.1. The lowest BCUT2D eigenvalue weighted by molar-refractivity contribution is 0.220. The second kappa shape index (κ2) is 3.63. The van der Waals surface area contributed by atoms with E-state index in [1.165, 1.54) is 0 Å². The van der Waals surface area contributed by atoms with E-state index >= 15 is 0 Å². The van der Waals surface area contributed by atoms with Crippen molar-refractivity contribution in [2.75, 3.05) is 0 Å². The van der Waals surface area contributed by atoms with E-state index in [0.717, 1.165) is 17.7 Å². The number of nitrogens with zero attached hydrogens (tertiary/aromatic N) is 3. The van der Waals surface area contributed by atoms with Crippen LogP contribution < -0.4 is 0 Å². The Balaban J connectivity index is 2.23. The number of rotatable bonds is 3. The fourth-order valence-electron chi connectivity index (χ4n) is 1.30. The number of H-pyrrole nitrogens is 1. The Kier molecular flexibility index (Phi) is 2.32. The van der Waals surface area contributed by atoms with Crippen molar-refractivity contribution in [1.29, 1.82) is 0 Å². The molecule has 0 radical (unpaired) electrons. The third-order valence-electron chi connectivity index (χ3n) is 2.13. The molecule has 5 nitrogen and oxygen atoms in total. The molecule has 0 fully saturated rings. The number of aromatic amines is 1. The summed E-state index contributed by atoms with van der Waals surface area (Å²) >= 11 is 0. The summed E-state index contributed by atoms with van der Waals surface area (Å²) in [6.07, 6.45) is 6.13. The highest BCUT2D eigenvalue weighted by atomic mass is 16.3. The molecule has 0 spiro atoms. The average molecular weight is 192 g/mol. The van der Waals surface area contributed by atoms with Gasteiger partial charge in [0.05, 0.1) is 12.4 Å². The first-order valence-electron chi connectivity index (χ1n) is 4.50. The molecule has 0 aromatic carbocycles. The minimum absolute atomic E-state index is 0.644. The van der Waals surface area contributed by atoms with Crippen LogP contribution in [-0.4, -0.2) is 25.1 Å². The summed E-state index contributed by atoms with van der Waals surface area (Å²) in [6.45, 7) is 2.80. The highest BCUT2D eigenvalue weighted by Crippen LogP contribution is 2.19. The van der Waals surface area contributed by atoms with Crippen LogP contribution in [0.3, 0.4) is 0 Å². The van der Waals surface area contributed by atoms with Crippen LogP contribution in [0, 0.1) is 0 Å². The van der Waals surface area contributed by atoms with Crippen LogP contribution in [-0.2, 0) is 6.54 Å². The molecule has 0 saturated heterocycles. The highest BCUT2D eigenvalue weighted by molar-refractivity contribution is 5.22. The highest BCUT2D eigenvalue weighted by Gasteiger charge is 2.12. The summed E-state index contributed by atoms with van der Waals surface area (Å²) in [5.74, 6) is 0. The molecule has 74 valence electrons. The van der Waals surface area contributed by atoms with Gasteiger partial charge in [0.25, 0.3) is 0 Å². The largest absolute Gasteiger partial charge is 0.383 e. The Hall–Kier alpha value is -1.62. The van der Waals surface area contributed by atoms with E-state index in [-0.39, 0.29) is 0 Å². The molecule has 2 heterocycles. The molecule has 2 rings (SSSR count). The predicted molar refractivity (Wildman–Crippen MR) is 50.6 cm³/mol. The number of hydrogen-bond acceptors (Lipinski definition) is 3. The second-order valence-corrected chi connectivity index (χ2v) is 3.06. The van der Waals surface area contributed by atoms with E-state index in [4.69, 9.17) is 0 Å². The average Bonchev–Trinajstić information content (AvgIpc) is 2.88. The molecular weight excluding hydrogens is 180 g/mol. The molecule has 1 unspecified atom stereocenters. The van der Waals surface area contributed by atoms with Gasteiger partial charge in [-0.15, -0.1) is 0 Å². The van der Waals surface area contributed by atoms with E-state index in [0.29, 0.717) is 0 Å². The van der Waals surface area contributed by atoms with Crippen LogP contribution >= 0.6 is 0 Å². The molecule has 1 atom stereocenters. The van der Waals surface area contributed by atoms with Gasteiger partial charge in [-0.2, -0.15) is 10.2 Å². The summed E-state index contributed by atoms with van der Waals surface area (Å²) in [5, 5.41) is 20.4. The molecule has 0 aliphatic heterocycles. The number of aliphatic hydroxyl groups excluding tert-OH is 1. The molecule has 2 aromatic heterocycles. The maximum atomic E-state index is 9.88. The minimum atomic E-state index is -0.644. The Morgan fingerprint density at radius 2 is 2.36 bits per heavy atom. The van der Waals surface area contributed by atoms with Crippen molar-refractivity contribution in [3.05, 3.63) is 35.9 Å².